The van der Waals surface area contributed by atoms with E-state index in [1.807, 2.05) is 46.8 Å². The van der Waals surface area contributed by atoms with Crippen molar-refractivity contribution in [2.24, 2.45) is 0 Å². The first-order chi connectivity index (χ1) is 9.21. The van der Waals surface area contributed by atoms with E-state index in [1.165, 1.54) is 0 Å². The molecule has 1 aromatic carbocycles. The van der Waals surface area contributed by atoms with Crippen LogP contribution >= 0.6 is 0 Å². The van der Waals surface area contributed by atoms with E-state index in [1.54, 1.807) is 4.31 Å². The quantitative estimate of drug-likeness (QED) is 0.842. The highest BCUT2D eigenvalue weighted by atomic mass is 32.2. The molecule has 0 bridgehead atoms. The number of rotatable bonds is 2. The lowest BCUT2D eigenvalue weighted by molar-refractivity contribution is -0.0441. The number of morpholine rings is 1. The van der Waals surface area contributed by atoms with Gasteiger partial charge in [0.15, 0.2) is 0 Å². The molecular weight excluding hydrogens is 274 g/mol. The summed E-state index contributed by atoms with van der Waals surface area (Å²) in [5.41, 5.74) is 2.71. The van der Waals surface area contributed by atoms with Gasteiger partial charge < -0.3 is 4.74 Å². The van der Waals surface area contributed by atoms with E-state index >= 15 is 0 Å². The van der Waals surface area contributed by atoms with E-state index in [4.69, 9.17) is 4.74 Å². The molecular formula is C15H23NO3S. The molecule has 0 saturated carbocycles. The summed E-state index contributed by atoms with van der Waals surface area (Å²) >= 11 is 0. The molecule has 0 amide bonds. The Kier molecular flexibility index (Phi) is 4.23. The third-order valence-corrected chi connectivity index (χ3v) is 5.73. The van der Waals surface area contributed by atoms with Crippen molar-refractivity contribution >= 4 is 10.0 Å². The van der Waals surface area contributed by atoms with Gasteiger partial charge in [-0.2, -0.15) is 4.31 Å². The minimum absolute atomic E-state index is 0.0698. The van der Waals surface area contributed by atoms with Crippen LogP contribution in [0, 0.1) is 20.8 Å². The van der Waals surface area contributed by atoms with Crippen molar-refractivity contribution in [3.8, 4) is 0 Å². The second-order valence-electron chi connectivity index (χ2n) is 5.81. The van der Waals surface area contributed by atoms with Crippen molar-refractivity contribution in [3.63, 3.8) is 0 Å². The first kappa shape index (κ1) is 15.5. The Bertz CT molecular complexity index is 577. The van der Waals surface area contributed by atoms with Crippen molar-refractivity contribution in [3.05, 3.63) is 28.8 Å². The lowest BCUT2D eigenvalue weighted by Crippen LogP contribution is -2.48. The fraction of sp³-hybridized carbons (Fsp3) is 0.600. The summed E-state index contributed by atoms with van der Waals surface area (Å²) in [6, 6.07) is 3.85. The van der Waals surface area contributed by atoms with Crippen LogP contribution in [0.3, 0.4) is 0 Å². The lowest BCUT2D eigenvalue weighted by Gasteiger charge is -2.35. The van der Waals surface area contributed by atoms with E-state index in [9.17, 15) is 8.42 Å². The maximum Gasteiger partial charge on any atom is 0.243 e. The van der Waals surface area contributed by atoms with Crippen LogP contribution in [0.5, 0.6) is 0 Å². The molecule has 2 rings (SSSR count). The van der Waals surface area contributed by atoms with Crippen LogP contribution in [-0.4, -0.2) is 38.0 Å². The Hall–Kier alpha value is -0.910. The van der Waals surface area contributed by atoms with Gasteiger partial charge in [-0.15, -0.1) is 0 Å². The van der Waals surface area contributed by atoms with Gasteiger partial charge in [-0.25, -0.2) is 8.42 Å². The fourth-order valence-electron chi connectivity index (χ4n) is 3.03. The largest absolute Gasteiger partial charge is 0.373 e. The van der Waals surface area contributed by atoms with E-state index in [-0.39, 0.29) is 12.2 Å². The summed E-state index contributed by atoms with van der Waals surface area (Å²) in [5, 5.41) is 0. The molecule has 112 valence electrons. The summed E-state index contributed by atoms with van der Waals surface area (Å²) < 4.78 is 33.0. The van der Waals surface area contributed by atoms with E-state index in [0.717, 1.165) is 16.7 Å². The first-order valence-electron chi connectivity index (χ1n) is 6.95. The maximum atomic E-state index is 12.9. The van der Waals surface area contributed by atoms with E-state index < -0.39 is 10.0 Å². The van der Waals surface area contributed by atoms with Crippen molar-refractivity contribution in [1.82, 2.24) is 4.31 Å². The van der Waals surface area contributed by atoms with Crippen molar-refractivity contribution in [2.45, 2.75) is 51.7 Å². The summed E-state index contributed by atoms with van der Waals surface area (Å²) in [5.74, 6) is 0. The average molecular weight is 297 g/mol. The second kappa shape index (κ2) is 5.47. The molecule has 2 atom stereocenters. The minimum atomic E-state index is -3.45. The molecule has 0 radical (unpaired) electrons. The average Bonchev–Trinajstić information content (AvgIpc) is 2.25. The van der Waals surface area contributed by atoms with Crippen molar-refractivity contribution in [1.29, 1.82) is 0 Å². The monoisotopic (exact) mass is 297 g/mol. The number of nitrogens with zero attached hydrogens (tertiary/aromatic N) is 1. The smallest absolute Gasteiger partial charge is 0.243 e. The SMILES string of the molecule is Cc1cc(C)c(S(=O)(=O)N2C[C@@H](C)O[C@H](C)C2)c(C)c1. The van der Waals surface area contributed by atoms with Gasteiger partial charge in [0.2, 0.25) is 10.0 Å². The number of ether oxygens (including phenoxy) is 1. The van der Waals surface area contributed by atoms with Crippen molar-refractivity contribution in [2.75, 3.05) is 13.1 Å². The normalized spacial score (nSPS) is 24.9. The van der Waals surface area contributed by atoms with Gasteiger partial charge in [0.05, 0.1) is 17.1 Å². The number of sulfonamides is 1. The zero-order valence-electron chi connectivity index (χ0n) is 12.8. The Morgan fingerprint density at radius 1 is 1.05 bits per heavy atom. The molecule has 1 saturated heterocycles. The maximum absolute atomic E-state index is 12.9. The molecule has 0 N–H and O–H groups in total. The molecule has 1 aliphatic heterocycles. The van der Waals surface area contributed by atoms with Crippen LogP contribution in [0.15, 0.2) is 17.0 Å². The van der Waals surface area contributed by atoms with Gasteiger partial charge in [0, 0.05) is 13.1 Å². The molecule has 1 aliphatic rings. The number of aryl methyl sites for hydroxylation is 3. The third-order valence-electron chi connectivity index (χ3n) is 3.59. The Balaban J connectivity index is 2.45. The molecule has 0 unspecified atom stereocenters. The summed E-state index contributed by atoms with van der Waals surface area (Å²) in [6.07, 6.45) is -0.140. The minimum Gasteiger partial charge on any atom is -0.373 e. The van der Waals surface area contributed by atoms with Crippen LogP contribution in [0.4, 0.5) is 0 Å². The molecule has 5 heteroatoms. The number of benzene rings is 1. The summed E-state index contributed by atoms with van der Waals surface area (Å²) in [6.45, 7) is 10.4. The van der Waals surface area contributed by atoms with Gasteiger partial charge in [0.1, 0.15) is 0 Å². The Morgan fingerprint density at radius 2 is 1.50 bits per heavy atom. The standard InChI is InChI=1S/C15H23NO3S/c1-10-6-11(2)15(12(3)7-10)20(17,18)16-8-13(4)19-14(5)9-16/h6-7,13-14H,8-9H2,1-5H3/t13-,14-/m1/s1. The fourth-order valence-corrected chi connectivity index (χ4v) is 5.03. The van der Waals surface area contributed by atoms with Crippen molar-refractivity contribution < 1.29 is 13.2 Å². The van der Waals surface area contributed by atoms with Crippen LogP contribution < -0.4 is 0 Å². The predicted molar refractivity (Wildman–Crippen MR) is 79.4 cm³/mol. The number of hydrogen-bond acceptors (Lipinski definition) is 3. The zero-order valence-corrected chi connectivity index (χ0v) is 13.6. The van der Waals surface area contributed by atoms with E-state index in [2.05, 4.69) is 0 Å². The molecule has 1 aromatic rings. The molecule has 1 fully saturated rings. The molecule has 0 aromatic heterocycles. The Morgan fingerprint density at radius 3 is 1.95 bits per heavy atom. The number of hydrogen-bond donors (Lipinski definition) is 0. The molecule has 1 heterocycles. The van der Waals surface area contributed by atoms with E-state index in [0.29, 0.717) is 18.0 Å². The summed E-state index contributed by atoms with van der Waals surface area (Å²) in [4.78, 5) is 0.449. The lowest BCUT2D eigenvalue weighted by atomic mass is 10.1. The zero-order chi connectivity index (χ0) is 15.1. The Labute approximate surface area is 121 Å². The van der Waals surface area contributed by atoms with Crippen LogP contribution in [0.2, 0.25) is 0 Å². The molecule has 0 spiro atoms. The topological polar surface area (TPSA) is 46.6 Å². The predicted octanol–water partition coefficient (Wildman–Crippen LogP) is 2.41. The van der Waals surface area contributed by atoms with Crippen LogP contribution in [-0.2, 0) is 14.8 Å². The molecule has 4 nitrogen and oxygen atoms in total. The molecule has 0 aliphatic carbocycles. The van der Waals surface area contributed by atoms with Gasteiger partial charge in [-0.3, -0.25) is 0 Å². The highest BCUT2D eigenvalue weighted by Crippen LogP contribution is 2.27. The highest BCUT2D eigenvalue weighted by molar-refractivity contribution is 7.89. The second-order valence-corrected chi connectivity index (χ2v) is 7.68. The highest BCUT2D eigenvalue weighted by Gasteiger charge is 2.33. The first-order valence-corrected chi connectivity index (χ1v) is 8.39. The van der Waals surface area contributed by atoms with Gasteiger partial charge in [-0.1, -0.05) is 17.7 Å². The third kappa shape index (κ3) is 2.90. The van der Waals surface area contributed by atoms with Crippen LogP contribution in [0.25, 0.3) is 0 Å². The summed E-state index contributed by atoms with van der Waals surface area (Å²) in [7, 11) is -3.45. The van der Waals surface area contributed by atoms with Gasteiger partial charge >= 0.3 is 0 Å². The van der Waals surface area contributed by atoms with Gasteiger partial charge in [-0.05, 0) is 45.7 Å². The van der Waals surface area contributed by atoms with Crippen LogP contribution in [0.1, 0.15) is 30.5 Å². The molecule has 20 heavy (non-hydrogen) atoms. The van der Waals surface area contributed by atoms with Gasteiger partial charge in [0.25, 0.3) is 0 Å².